The Kier molecular flexibility index (Phi) is 4.64. The molecule has 1 N–H and O–H groups in total. The summed E-state index contributed by atoms with van der Waals surface area (Å²) in [6, 6.07) is 12.8. The van der Waals surface area contributed by atoms with Crippen LogP contribution in [0.4, 0.5) is 4.39 Å². The van der Waals surface area contributed by atoms with Crippen molar-refractivity contribution in [3.05, 3.63) is 81.5 Å². The molecular weight excluding hydrogens is 333 g/mol. The van der Waals surface area contributed by atoms with Crippen molar-refractivity contribution in [2.24, 2.45) is 0 Å². The van der Waals surface area contributed by atoms with Crippen LogP contribution in [0.2, 0.25) is 0 Å². The van der Waals surface area contributed by atoms with Crippen LogP contribution in [0, 0.1) is 5.82 Å². The number of hydrogen-bond acceptors (Lipinski definition) is 3. The maximum absolute atomic E-state index is 13.7. The van der Waals surface area contributed by atoms with E-state index in [1.165, 1.54) is 24.3 Å². The van der Waals surface area contributed by atoms with E-state index in [0.29, 0.717) is 11.1 Å². The van der Waals surface area contributed by atoms with Gasteiger partial charge in [0.2, 0.25) is 0 Å². The molecule has 1 amide bonds. The Morgan fingerprint density at radius 2 is 1.85 bits per heavy atom. The molecule has 0 atom stereocenters. The van der Waals surface area contributed by atoms with E-state index >= 15 is 0 Å². The zero-order valence-corrected chi connectivity index (χ0v) is 14.9. The van der Waals surface area contributed by atoms with Gasteiger partial charge in [0.05, 0.1) is 5.56 Å². The molecule has 3 rings (SSSR count). The van der Waals surface area contributed by atoms with Crippen LogP contribution in [0.15, 0.2) is 57.7 Å². The van der Waals surface area contributed by atoms with Gasteiger partial charge in [0.1, 0.15) is 11.4 Å². The first kappa shape index (κ1) is 17.9. The van der Waals surface area contributed by atoms with Crippen LogP contribution in [0.3, 0.4) is 0 Å². The fourth-order valence-corrected chi connectivity index (χ4v) is 2.76. The van der Waals surface area contributed by atoms with E-state index in [1.807, 2.05) is 12.1 Å². The highest BCUT2D eigenvalue weighted by Gasteiger charge is 2.17. The summed E-state index contributed by atoms with van der Waals surface area (Å²) in [5.41, 5.74) is 1.58. The van der Waals surface area contributed by atoms with E-state index in [9.17, 15) is 14.0 Å². The lowest BCUT2D eigenvalue weighted by Gasteiger charge is -2.19. The molecule has 26 heavy (non-hydrogen) atoms. The second-order valence-corrected chi connectivity index (χ2v) is 7.21. The number of nitrogens with one attached hydrogen (secondary N) is 1. The number of fused-ring (bicyclic) bond motifs is 1. The molecule has 0 bridgehead atoms. The van der Waals surface area contributed by atoms with Gasteiger partial charge < -0.3 is 9.73 Å². The molecule has 0 fully saturated rings. The monoisotopic (exact) mass is 353 g/mol. The van der Waals surface area contributed by atoms with Crippen molar-refractivity contribution in [2.45, 2.75) is 32.7 Å². The summed E-state index contributed by atoms with van der Waals surface area (Å²) in [6.07, 6.45) is 0. The summed E-state index contributed by atoms with van der Waals surface area (Å²) in [7, 11) is 0. The Hall–Kier alpha value is -2.95. The maximum atomic E-state index is 13.7. The van der Waals surface area contributed by atoms with Crippen molar-refractivity contribution < 1.29 is 13.6 Å². The van der Waals surface area contributed by atoms with E-state index in [2.05, 4.69) is 26.1 Å². The second-order valence-electron chi connectivity index (χ2n) is 7.21. The van der Waals surface area contributed by atoms with E-state index in [-0.39, 0.29) is 17.5 Å². The van der Waals surface area contributed by atoms with Crippen LogP contribution < -0.4 is 10.9 Å². The van der Waals surface area contributed by atoms with Crippen LogP contribution in [-0.4, -0.2) is 5.91 Å². The first-order chi connectivity index (χ1) is 12.3. The van der Waals surface area contributed by atoms with Crippen molar-refractivity contribution in [1.29, 1.82) is 0 Å². The van der Waals surface area contributed by atoms with Gasteiger partial charge in [0.25, 0.3) is 5.91 Å². The Labute approximate surface area is 150 Å². The topological polar surface area (TPSA) is 59.3 Å². The molecule has 0 saturated heterocycles. The van der Waals surface area contributed by atoms with Gasteiger partial charge in [-0.05, 0) is 40.8 Å². The van der Waals surface area contributed by atoms with Crippen molar-refractivity contribution in [1.82, 2.24) is 5.32 Å². The van der Waals surface area contributed by atoms with E-state index in [0.717, 1.165) is 10.9 Å². The van der Waals surface area contributed by atoms with Gasteiger partial charge in [-0.25, -0.2) is 9.18 Å². The number of benzene rings is 2. The standard InChI is InChI=1S/C21H20FNO3/c1-21(2,3)14-8-9-18-16(11-14)13(10-19(24)26-18)12-23-20(25)15-6-4-5-7-17(15)22/h4-11H,12H2,1-3H3,(H,23,25). The molecule has 1 aromatic heterocycles. The largest absolute Gasteiger partial charge is 0.423 e. The predicted octanol–water partition coefficient (Wildman–Crippen LogP) is 4.16. The third kappa shape index (κ3) is 3.67. The average molecular weight is 353 g/mol. The fraction of sp³-hybridized carbons (Fsp3) is 0.238. The summed E-state index contributed by atoms with van der Waals surface area (Å²) in [4.78, 5) is 24.0. The molecule has 0 aliphatic carbocycles. The van der Waals surface area contributed by atoms with Gasteiger partial charge in [-0.2, -0.15) is 0 Å². The number of rotatable bonds is 3. The number of carbonyl (C=O) groups is 1. The van der Waals surface area contributed by atoms with Crippen LogP contribution >= 0.6 is 0 Å². The molecule has 3 aromatic rings. The summed E-state index contributed by atoms with van der Waals surface area (Å²) in [5.74, 6) is -1.12. The molecule has 0 unspecified atom stereocenters. The smallest absolute Gasteiger partial charge is 0.336 e. The first-order valence-corrected chi connectivity index (χ1v) is 8.36. The average Bonchev–Trinajstić information content (AvgIpc) is 2.58. The minimum absolute atomic E-state index is 0.0323. The summed E-state index contributed by atoms with van der Waals surface area (Å²) >= 11 is 0. The normalized spacial score (nSPS) is 11.5. The molecule has 0 spiro atoms. The van der Waals surface area contributed by atoms with Crippen molar-refractivity contribution in [2.75, 3.05) is 0 Å². The highest BCUT2D eigenvalue weighted by molar-refractivity contribution is 5.94. The van der Waals surface area contributed by atoms with Crippen LogP contribution in [0.1, 0.15) is 42.3 Å². The first-order valence-electron chi connectivity index (χ1n) is 8.36. The molecule has 1 heterocycles. The number of halogens is 1. The van der Waals surface area contributed by atoms with Crippen LogP contribution in [0.5, 0.6) is 0 Å². The number of carbonyl (C=O) groups excluding carboxylic acids is 1. The summed E-state index contributed by atoms with van der Waals surface area (Å²) in [6.45, 7) is 6.37. The predicted molar refractivity (Wildman–Crippen MR) is 98.8 cm³/mol. The van der Waals surface area contributed by atoms with Crippen molar-refractivity contribution in [3.63, 3.8) is 0 Å². The van der Waals surface area contributed by atoms with Gasteiger partial charge in [-0.1, -0.05) is 39.0 Å². The third-order valence-electron chi connectivity index (χ3n) is 4.25. The van der Waals surface area contributed by atoms with Gasteiger partial charge in [0, 0.05) is 18.0 Å². The molecule has 0 saturated carbocycles. The second kappa shape index (κ2) is 6.75. The third-order valence-corrected chi connectivity index (χ3v) is 4.25. The van der Waals surface area contributed by atoms with Crippen molar-refractivity contribution in [3.8, 4) is 0 Å². The van der Waals surface area contributed by atoms with Gasteiger partial charge in [-0.15, -0.1) is 0 Å². The lowest BCUT2D eigenvalue weighted by Crippen LogP contribution is -2.24. The summed E-state index contributed by atoms with van der Waals surface area (Å²) in [5, 5.41) is 3.43. The fourth-order valence-electron chi connectivity index (χ4n) is 2.76. The zero-order valence-electron chi connectivity index (χ0n) is 14.9. The summed E-state index contributed by atoms with van der Waals surface area (Å²) < 4.78 is 19.0. The SMILES string of the molecule is CC(C)(C)c1ccc2oc(=O)cc(CNC(=O)c3ccccc3F)c2c1. The van der Waals surface area contributed by atoms with E-state index < -0.39 is 17.3 Å². The number of amides is 1. The van der Waals surface area contributed by atoms with Crippen LogP contribution in [-0.2, 0) is 12.0 Å². The molecule has 4 nitrogen and oxygen atoms in total. The number of hydrogen-bond donors (Lipinski definition) is 1. The van der Waals surface area contributed by atoms with Gasteiger partial charge in [0.15, 0.2) is 0 Å². The molecule has 2 aromatic carbocycles. The lowest BCUT2D eigenvalue weighted by atomic mass is 9.86. The maximum Gasteiger partial charge on any atom is 0.336 e. The molecule has 0 radical (unpaired) electrons. The highest BCUT2D eigenvalue weighted by atomic mass is 19.1. The van der Waals surface area contributed by atoms with E-state index in [4.69, 9.17) is 4.42 Å². The Morgan fingerprint density at radius 1 is 1.12 bits per heavy atom. The van der Waals surface area contributed by atoms with Crippen molar-refractivity contribution >= 4 is 16.9 Å². The quantitative estimate of drug-likeness (QED) is 0.719. The lowest BCUT2D eigenvalue weighted by molar-refractivity contribution is 0.0947. The minimum atomic E-state index is -0.586. The van der Waals surface area contributed by atoms with E-state index in [1.54, 1.807) is 12.1 Å². The van der Waals surface area contributed by atoms with Crippen LogP contribution in [0.25, 0.3) is 11.0 Å². The van der Waals surface area contributed by atoms with Gasteiger partial charge >= 0.3 is 5.63 Å². The molecular formula is C21H20FNO3. The Bertz CT molecular complexity index is 1030. The molecule has 134 valence electrons. The van der Waals surface area contributed by atoms with Gasteiger partial charge in [-0.3, -0.25) is 4.79 Å². The highest BCUT2D eigenvalue weighted by Crippen LogP contribution is 2.27. The Morgan fingerprint density at radius 3 is 2.54 bits per heavy atom. The molecule has 0 aliphatic heterocycles. The minimum Gasteiger partial charge on any atom is -0.423 e. The zero-order chi connectivity index (χ0) is 18.9. The molecule has 0 aliphatic rings. The Balaban J connectivity index is 1.95. The molecule has 5 heteroatoms.